The van der Waals surface area contributed by atoms with E-state index in [1.165, 1.54) is 22.5 Å². The van der Waals surface area contributed by atoms with Gasteiger partial charge < -0.3 is 11.1 Å². The van der Waals surface area contributed by atoms with Gasteiger partial charge in [0.2, 0.25) is 0 Å². The van der Waals surface area contributed by atoms with E-state index in [9.17, 15) is 0 Å². The average molecular weight is 305 g/mol. The SMILES string of the molecule is N#Cc1sc(NC2CCCc3cc(N)ccc32)nc1Cl. The van der Waals surface area contributed by atoms with Crippen molar-refractivity contribution in [3.63, 3.8) is 0 Å². The van der Waals surface area contributed by atoms with Gasteiger partial charge in [0.05, 0.1) is 6.04 Å². The van der Waals surface area contributed by atoms with Crippen molar-refractivity contribution in [2.24, 2.45) is 0 Å². The summed E-state index contributed by atoms with van der Waals surface area (Å²) in [6, 6.07) is 8.29. The highest BCUT2D eigenvalue weighted by molar-refractivity contribution is 7.16. The third-order valence-electron chi connectivity index (χ3n) is 3.47. The molecule has 1 aromatic carbocycles. The number of nitrogens with two attached hydrogens (primary N) is 1. The van der Waals surface area contributed by atoms with E-state index in [0.29, 0.717) is 10.0 Å². The number of thiazole rings is 1. The first-order valence-corrected chi connectivity index (χ1v) is 7.58. The number of halogens is 1. The average Bonchev–Trinajstić information content (AvgIpc) is 2.78. The molecule has 0 fully saturated rings. The fourth-order valence-corrected chi connectivity index (χ4v) is 3.57. The van der Waals surface area contributed by atoms with E-state index in [-0.39, 0.29) is 11.2 Å². The van der Waals surface area contributed by atoms with E-state index in [0.717, 1.165) is 24.9 Å². The molecule has 0 radical (unpaired) electrons. The van der Waals surface area contributed by atoms with Crippen LogP contribution in [-0.4, -0.2) is 4.98 Å². The van der Waals surface area contributed by atoms with Crippen LogP contribution < -0.4 is 11.1 Å². The molecule has 1 heterocycles. The molecule has 1 aromatic heterocycles. The highest BCUT2D eigenvalue weighted by Crippen LogP contribution is 2.35. The Morgan fingerprint density at radius 3 is 3.10 bits per heavy atom. The van der Waals surface area contributed by atoms with Crippen LogP contribution in [0, 0.1) is 11.3 Å². The van der Waals surface area contributed by atoms with Gasteiger partial charge in [0.15, 0.2) is 10.3 Å². The predicted octanol–water partition coefficient (Wildman–Crippen LogP) is 3.74. The van der Waals surface area contributed by atoms with Crippen molar-refractivity contribution in [3.8, 4) is 6.07 Å². The molecule has 3 rings (SSSR count). The van der Waals surface area contributed by atoms with Crippen LogP contribution in [0.2, 0.25) is 5.15 Å². The maximum absolute atomic E-state index is 8.92. The van der Waals surface area contributed by atoms with E-state index < -0.39 is 0 Å². The van der Waals surface area contributed by atoms with Crippen molar-refractivity contribution >= 4 is 33.8 Å². The van der Waals surface area contributed by atoms with Gasteiger partial charge in [0.1, 0.15) is 10.9 Å². The van der Waals surface area contributed by atoms with Crippen molar-refractivity contribution in [3.05, 3.63) is 39.4 Å². The molecule has 2 aromatic rings. The summed E-state index contributed by atoms with van der Waals surface area (Å²) in [6.45, 7) is 0. The number of anilines is 2. The molecule has 0 spiro atoms. The van der Waals surface area contributed by atoms with Crippen LogP contribution >= 0.6 is 22.9 Å². The van der Waals surface area contributed by atoms with E-state index in [2.05, 4.69) is 16.4 Å². The fraction of sp³-hybridized carbons (Fsp3) is 0.286. The third-order valence-corrected chi connectivity index (χ3v) is 4.74. The Kier molecular flexibility index (Phi) is 3.51. The Morgan fingerprint density at radius 2 is 2.35 bits per heavy atom. The number of aryl methyl sites for hydroxylation is 1. The van der Waals surface area contributed by atoms with E-state index in [4.69, 9.17) is 22.6 Å². The molecule has 4 nitrogen and oxygen atoms in total. The minimum atomic E-state index is 0.202. The molecule has 0 saturated carbocycles. The summed E-state index contributed by atoms with van der Waals surface area (Å²) in [6.07, 6.45) is 3.20. The Bertz CT molecular complexity index is 689. The molecule has 3 N–H and O–H groups in total. The molecular formula is C14H13ClN4S. The summed E-state index contributed by atoms with van der Waals surface area (Å²) < 4.78 is 0. The monoisotopic (exact) mass is 304 g/mol. The topological polar surface area (TPSA) is 74.7 Å². The van der Waals surface area contributed by atoms with Crippen LogP contribution in [0.25, 0.3) is 0 Å². The molecule has 0 amide bonds. The zero-order chi connectivity index (χ0) is 14.1. The van der Waals surface area contributed by atoms with Crippen LogP contribution in [0.15, 0.2) is 18.2 Å². The number of hydrogen-bond acceptors (Lipinski definition) is 5. The second-order valence-corrected chi connectivity index (χ2v) is 6.16. The second-order valence-electron chi connectivity index (χ2n) is 4.80. The van der Waals surface area contributed by atoms with E-state index in [1.807, 2.05) is 18.2 Å². The summed E-state index contributed by atoms with van der Waals surface area (Å²) in [4.78, 5) is 4.64. The molecular weight excluding hydrogens is 292 g/mol. The molecule has 0 bridgehead atoms. The Hall–Kier alpha value is -1.77. The highest BCUT2D eigenvalue weighted by atomic mass is 35.5. The molecule has 0 saturated heterocycles. The van der Waals surface area contributed by atoms with Crippen molar-refractivity contribution in [1.29, 1.82) is 5.26 Å². The van der Waals surface area contributed by atoms with Gasteiger partial charge in [-0.15, -0.1) is 0 Å². The number of nitriles is 1. The number of nitrogens with one attached hydrogen (secondary N) is 1. The van der Waals surface area contributed by atoms with Crippen molar-refractivity contribution in [2.75, 3.05) is 11.1 Å². The van der Waals surface area contributed by atoms with Crippen LogP contribution in [0.3, 0.4) is 0 Å². The van der Waals surface area contributed by atoms with Crippen molar-refractivity contribution < 1.29 is 0 Å². The van der Waals surface area contributed by atoms with Gasteiger partial charge in [-0.05, 0) is 42.5 Å². The molecule has 102 valence electrons. The molecule has 1 aliphatic rings. The summed E-state index contributed by atoms with van der Waals surface area (Å²) >= 11 is 7.20. The first-order valence-electron chi connectivity index (χ1n) is 6.38. The predicted molar refractivity (Wildman–Crippen MR) is 82.0 cm³/mol. The third kappa shape index (κ3) is 2.45. The Morgan fingerprint density at radius 1 is 1.50 bits per heavy atom. The number of benzene rings is 1. The lowest BCUT2D eigenvalue weighted by molar-refractivity contribution is 0.600. The normalized spacial score (nSPS) is 17.3. The largest absolute Gasteiger partial charge is 0.399 e. The minimum Gasteiger partial charge on any atom is -0.399 e. The number of nitrogens with zero attached hydrogens (tertiary/aromatic N) is 2. The first kappa shape index (κ1) is 13.2. The van der Waals surface area contributed by atoms with Gasteiger partial charge in [-0.2, -0.15) is 5.26 Å². The van der Waals surface area contributed by atoms with Crippen molar-refractivity contribution in [2.45, 2.75) is 25.3 Å². The highest BCUT2D eigenvalue weighted by Gasteiger charge is 2.21. The summed E-state index contributed by atoms with van der Waals surface area (Å²) in [5, 5.41) is 13.3. The summed E-state index contributed by atoms with van der Waals surface area (Å²) in [7, 11) is 0. The van der Waals surface area contributed by atoms with E-state index >= 15 is 0 Å². The standard InChI is InChI=1S/C14H13ClN4S/c15-13-12(7-16)20-14(19-13)18-11-3-1-2-8-6-9(17)4-5-10(8)11/h4-6,11H,1-3,17H2,(H,18,19). The van der Waals surface area contributed by atoms with Gasteiger partial charge in [-0.3, -0.25) is 0 Å². The number of hydrogen-bond donors (Lipinski definition) is 2. The molecule has 1 atom stereocenters. The van der Waals surface area contributed by atoms with Gasteiger partial charge in [-0.1, -0.05) is 29.0 Å². The number of aromatic nitrogens is 1. The fourth-order valence-electron chi connectivity index (χ4n) is 2.57. The number of fused-ring (bicyclic) bond motifs is 1. The molecule has 6 heteroatoms. The molecule has 20 heavy (non-hydrogen) atoms. The van der Waals surface area contributed by atoms with Crippen LogP contribution in [0.1, 0.15) is 34.9 Å². The molecule has 1 unspecified atom stereocenters. The second kappa shape index (κ2) is 5.31. The van der Waals surface area contributed by atoms with Gasteiger partial charge in [0.25, 0.3) is 0 Å². The maximum atomic E-state index is 8.92. The maximum Gasteiger partial charge on any atom is 0.185 e. The van der Waals surface area contributed by atoms with Gasteiger partial charge in [-0.25, -0.2) is 4.98 Å². The van der Waals surface area contributed by atoms with Crippen molar-refractivity contribution in [1.82, 2.24) is 4.98 Å². The van der Waals surface area contributed by atoms with Gasteiger partial charge in [0, 0.05) is 5.69 Å². The zero-order valence-corrected chi connectivity index (χ0v) is 12.3. The molecule has 1 aliphatic carbocycles. The first-order chi connectivity index (χ1) is 9.67. The molecule has 0 aliphatic heterocycles. The number of nitrogen functional groups attached to an aromatic ring is 1. The Balaban J connectivity index is 1.87. The van der Waals surface area contributed by atoms with Crippen LogP contribution in [0.5, 0.6) is 0 Å². The van der Waals surface area contributed by atoms with Gasteiger partial charge >= 0.3 is 0 Å². The summed E-state index contributed by atoms with van der Waals surface area (Å²) in [5.74, 6) is 0. The summed E-state index contributed by atoms with van der Waals surface area (Å²) in [5.41, 5.74) is 9.18. The van der Waals surface area contributed by atoms with Crippen LogP contribution in [-0.2, 0) is 6.42 Å². The number of rotatable bonds is 2. The quantitative estimate of drug-likeness (QED) is 0.829. The lowest BCUT2D eigenvalue weighted by Gasteiger charge is -2.26. The Labute approximate surface area is 126 Å². The lowest BCUT2D eigenvalue weighted by atomic mass is 9.87. The lowest BCUT2D eigenvalue weighted by Crippen LogP contribution is -2.17. The smallest absolute Gasteiger partial charge is 0.185 e. The zero-order valence-electron chi connectivity index (χ0n) is 10.7. The minimum absolute atomic E-state index is 0.202. The van der Waals surface area contributed by atoms with E-state index in [1.54, 1.807) is 0 Å². The van der Waals surface area contributed by atoms with Crippen LogP contribution in [0.4, 0.5) is 10.8 Å².